The number of rotatable bonds is 5. The normalized spacial score (nSPS) is 13.9. The Morgan fingerprint density at radius 1 is 0.976 bits per heavy atom. The van der Waals surface area contributed by atoms with E-state index < -0.39 is 0 Å². The molecule has 6 heteroatoms. The molecule has 1 aliphatic rings. The molecule has 0 spiro atoms. The Balaban J connectivity index is 0.000000987. The van der Waals surface area contributed by atoms with Gasteiger partial charge in [0.05, 0.1) is 22.8 Å². The van der Waals surface area contributed by atoms with Crippen molar-refractivity contribution in [3.05, 3.63) is 104 Å². The number of aromatic nitrogens is 4. The summed E-state index contributed by atoms with van der Waals surface area (Å²) in [6.07, 6.45) is 8.12. The van der Waals surface area contributed by atoms with Crippen LogP contribution in [0.25, 0.3) is 33.1 Å². The Labute approximate surface area is 278 Å². The second-order valence-electron chi connectivity index (χ2n) is 9.51. The Hall–Kier alpha value is -2.91. The monoisotopic (exact) mass is 635 g/mol. The number of H-pyrrole nitrogens is 2. The quantitative estimate of drug-likeness (QED) is 0.150. The average Bonchev–Trinajstić information content (AvgIpc) is 3.77. The van der Waals surface area contributed by atoms with Crippen molar-refractivity contribution in [3.8, 4) is 23.1 Å². The van der Waals surface area contributed by atoms with Crippen LogP contribution in [0.15, 0.2) is 60.8 Å². The SMILES string of the molecule is CC.CC.[CH2-]CC[CH-]c1ncc(-c2ccc(C#Cc3ccc4c(ccc5[nH]c(C6CCCN6C)nc54)c3)cc2)[nH]1.[CH3-].[Y+3]. The first kappa shape index (κ1) is 35.3. The van der Waals surface area contributed by atoms with Crippen LogP contribution >= 0.6 is 0 Å². The number of fused-ring (bicyclic) bond motifs is 3. The molecule has 5 nitrogen and oxygen atoms in total. The first-order valence-electron chi connectivity index (χ1n) is 14.6. The van der Waals surface area contributed by atoms with Crippen molar-refractivity contribution < 1.29 is 32.7 Å². The smallest absolute Gasteiger partial charge is 0.368 e. The van der Waals surface area contributed by atoms with Crippen molar-refractivity contribution in [3.63, 3.8) is 0 Å². The van der Waals surface area contributed by atoms with Crippen LogP contribution in [0.3, 0.4) is 0 Å². The van der Waals surface area contributed by atoms with Crippen molar-refractivity contribution >= 4 is 21.8 Å². The molecule has 2 aromatic heterocycles. The van der Waals surface area contributed by atoms with E-state index in [4.69, 9.17) is 4.98 Å². The standard InChI is InChI=1S/C31H29N5.2C2H6.CH3.Y/c1-3-4-7-29-32-20-27(33-29)23-13-10-21(11-14-23)8-9-22-12-16-25-24(19-22)15-17-26-30(25)35-31(34-26)28-6-5-18-36(28)2;2*1-2;;/h7,10-17,19-20,28H,1,3-6,18H2,2H3,(H,32,33)(H,34,35);2*1-2H3;1H3;/q-2;;;-1;+3. The Bertz CT molecular complexity index is 1590. The van der Waals surface area contributed by atoms with Gasteiger partial charge in [0.1, 0.15) is 5.82 Å². The molecule has 1 unspecified atom stereocenters. The summed E-state index contributed by atoms with van der Waals surface area (Å²) in [7, 11) is 2.18. The van der Waals surface area contributed by atoms with Crippen LogP contribution in [0.1, 0.15) is 82.2 Å². The van der Waals surface area contributed by atoms with Crippen LogP contribution < -0.4 is 0 Å². The fourth-order valence-corrected chi connectivity index (χ4v) is 5.02. The van der Waals surface area contributed by atoms with Gasteiger partial charge in [-0.15, -0.1) is 0 Å². The van der Waals surface area contributed by atoms with Crippen molar-refractivity contribution in [1.29, 1.82) is 0 Å². The molecule has 2 N–H and O–H groups in total. The van der Waals surface area contributed by atoms with Crippen molar-refractivity contribution in [2.75, 3.05) is 13.6 Å². The number of nitrogens with zero attached hydrogens (tertiary/aromatic N) is 3. The number of unbranched alkanes of at least 4 members (excludes halogenated alkanes) is 1. The summed E-state index contributed by atoms with van der Waals surface area (Å²) in [5.41, 5.74) is 6.22. The summed E-state index contributed by atoms with van der Waals surface area (Å²) in [5.74, 6) is 8.60. The fraction of sp³-hybridized carbons (Fsp3) is 0.306. The van der Waals surface area contributed by atoms with E-state index in [0.29, 0.717) is 6.04 Å². The first-order chi connectivity index (χ1) is 19.7. The molecular weight excluding hydrogens is 591 g/mol. The molecule has 1 aliphatic heterocycles. The molecule has 6 rings (SSSR count). The van der Waals surface area contributed by atoms with Crippen molar-refractivity contribution in [1.82, 2.24) is 24.8 Å². The molecule has 0 radical (unpaired) electrons. The predicted molar refractivity (Wildman–Crippen MR) is 175 cm³/mol. The van der Waals surface area contributed by atoms with Gasteiger partial charge in [-0.2, -0.15) is 6.42 Å². The maximum Gasteiger partial charge on any atom is 3.00 e. The van der Waals surface area contributed by atoms with E-state index in [9.17, 15) is 0 Å². The molecule has 42 heavy (non-hydrogen) atoms. The first-order valence-corrected chi connectivity index (χ1v) is 14.6. The van der Waals surface area contributed by atoms with Gasteiger partial charge in [-0.3, -0.25) is 9.88 Å². The molecule has 0 aliphatic carbocycles. The molecule has 1 saturated heterocycles. The largest absolute Gasteiger partial charge is 3.00 e. The van der Waals surface area contributed by atoms with Gasteiger partial charge in [0.15, 0.2) is 0 Å². The zero-order valence-electron chi connectivity index (χ0n) is 26.1. The van der Waals surface area contributed by atoms with E-state index in [1.165, 1.54) is 6.42 Å². The van der Waals surface area contributed by atoms with E-state index in [2.05, 4.69) is 107 Å². The van der Waals surface area contributed by atoms with Crippen LogP contribution in [-0.2, 0) is 32.7 Å². The minimum atomic E-state index is 0. The third-order valence-electron chi connectivity index (χ3n) is 7.01. The molecule has 0 amide bonds. The third kappa shape index (κ3) is 8.13. The number of hydrogen-bond acceptors (Lipinski definition) is 3. The topological polar surface area (TPSA) is 60.6 Å². The van der Waals surface area contributed by atoms with Gasteiger partial charge in [-0.1, -0.05) is 63.8 Å². The molecule has 0 saturated carbocycles. The zero-order valence-corrected chi connectivity index (χ0v) is 28.9. The summed E-state index contributed by atoms with van der Waals surface area (Å²) in [4.78, 5) is 18.7. The summed E-state index contributed by atoms with van der Waals surface area (Å²) in [6, 6.07) is 19.3. The number of aromatic amines is 2. The zero-order chi connectivity index (χ0) is 28.5. The van der Waals surface area contributed by atoms with Crippen LogP contribution in [-0.4, -0.2) is 38.4 Å². The Kier molecular flexibility index (Phi) is 14.5. The van der Waals surface area contributed by atoms with Gasteiger partial charge in [0, 0.05) is 22.7 Å². The number of imidazole rings is 2. The van der Waals surface area contributed by atoms with Gasteiger partial charge < -0.3 is 30.7 Å². The van der Waals surface area contributed by atoms with Crippen LogP contribution in [0.5, 0.6) is 0 Å². The average molecular weight is 636 g/mol. The van der Waals surface area contributed by atoms with E-state index >= 15 is 0 Å². The molecular formula is C36H44N5Y. The number of benzene rings is 3. The molecule has 5 aromatic rings. The summed E-state index contributed by atoms with van der Waals surface area (Å²) < 4.78 is 0. The fourth-order valence-electron chi connectivity index (χ4n) is 5.02. The van der Waals surface area contributed by atoms with E-state index in [1.807, 2.05) is 33.9 Å². The molecule has 1 atom stereocenters. The third-order valence-corrected chi connectivity index (χ3v) is 7.01. The predicted octanol–water partition coefficient (Wildman–Crippen LogP) is 8.94. The van der Waals surface area contributed by atoms with Gasteiger partial charge in [0.25, 0.3) is 0 Å². The second kappa shape index (κ2) is 17.3. The van der Waals surface area contributed by atoms with Gasteiger partial charge in [0.2, 0.25) is 0 Å². The van der Waals surface area contributed by atoms with Crippen molar-refractivity contribution in [2.24, 2.45) is 0 Å². The summed E-state index contributed by atoms with van der Waals surface area (Å²) >= 11 is 0. The molecule has 216 valence electrons. The van der Waals surface area contributed by atoms with Gasteiger partial charge in [-0.05, 0) is 73.5 Å². The van der Waals surface area contributed by atoms with Gasteiger partial charge >= 0.3 is 32.7 Å². The number of likely N-dealkylation sites (tertiary alicyclic amines) is 1. The summed E-state index contributed by atoms with van der Waals surface area (Å²) in [6.45, 7) is 13.0. The molecule has 0 bridgehead atoms. The second-order valence-corrected chi connectivity index (χ2v) is 9.51. The minimum Gasteiger partial charge on any atom is -0.368 e. The maximum absolute atomic E-state index is 5.00. The summed E-state index contributed by atoms with van der Waals surface area (Å²) in [5, 5.41) is 2.32. The van der Waals surface area contributed by atoms with E-state index in [1.54, 1.807) is 0 Å². The Morgan fingerprint density at radius 2 is 1.69 bits per heavy atom. The van der Waals surface area contributed by atoms with Crippen molar-refractivity contribution in [2.45, 2.75) is 59.4 Å². The van der Waals surface area contributed by atoms with Crippen LogP contribution in [0.4, 0.5) is 0 Å². The van der Waals surface area contributed by atoms with Crippen LogP contribution in [0.2, 0.25) is 0 Å². The van der Waals surface area contributed by atoms with Gasteiger partial charge in [-0.25, -0.2) is 11.4 Å². The Morgan fingerprint density at radius 3 is 2.38 bits per heavy atom. The van der Waals surface area contributed by atoms with E-state index in [0.717, 1.165) is 81.6 Å². The van der Waals surface area contributed by atoms with Crippen LogP contribution in [0, 0.1) is 32.6 Å². The minimum absolute atomic E-state index is 0. The molecule has 1 fully saturated rings. The molecule has 3 heterocycles. The molecule has 3 aromatic carbocycles. The maximum atomic E-state index is 5.00. The van der Waals surface area contributed by atoms with E-state index in [-0.39, 0.29) is 40.1 Å². The number of hydrogen-bond donors (Lipinski definition) is 2. The number of nitrogens with one attached hydrogen (secondary N) is 2.